The maximum atomic E-state index is 5.92. The summed E-state index contributed by atoms with van der Waals surface area (Å²) >= 11 is 0. The fourth-order valence-corrected chi connectivity index (χ4v) is 3.01. The molecule has 1 aliphatic rings. The molecule has 1 atom stereocenters. The summed E-state index contributed by atoms with van der Waals surface area (Å²) in [5.41, 5.74) is 8.74. The fourth-order valence-electron chi connectivity index (χ4n) is 3.01. The highest BCUT2D eigenvalue weighted by Crippen LogP contribution is 2.35. The van der Waals surface area contributed by atoms with Crippen LogP contribution in [-0.4, -0.2) is 21.4 Å². The van der Waals surface area contributed by atoms with Gasteiger partial charge in [-0.2, -0.15) is 0 Å². The van der Waals surface area contributed by atoms with Gasteiger partial charge >= 0.3 is 0 Å². The predicted molar refractivity (Wildman–Crippen MR) is 87.2 cm³/mol. The normalized spacial score (nSPS) is 17.4. The lowest BCUT2D eigenvalue weighted by molar-refractivity contribution is 0.121. The van der Waals surface area contributed by atoms with Crippen LogP contribution in [0, 0.1) is 5.92 Å². The van der Waals surface area contributed by atoms with Crippen molar-refractivity contribution in [1.82, 2.24) is 14.9 Å². The van der Waals surface area contributed by atoms with Gasteiger partial charge in [-0.3, -0.25) is 0 Å². The molecular formula is C17H22N4O. The van der Waals surface area contributed by atoms with Crippen LogP contribution in [0.5, 0.6) is 5.75 Å². The third-order valence-electron chi connectivity index (χ3n) is 4.04. The molecule has 1 aromatic heterocycles. The molecule has 1 unspecified atom stereocenters. The van der Waals surface area contributed by atoms with E-state index in [9.17, 15) is 0 Å². The maximum Gasteiger partial charge on any atom is 0.189 e. The number of benzene rings is 1. The molecule has 0 amide bonds. The van der Waals surface area contributed by atoms with Crippen LogP contribution in [0.4, 0.5) is 5.69 Å². The van der Waals surface area contributed by atoms with Gasteiger partial charge in [0.2, 0.25) is 0 Å². The van der Waals surface area contributed by atoms with E-state index in [2.05, 4.69) is 35.3 Å². The SMILES string of the molecule is C=C(Oc1ccc(N)cc1)N1CCc2nc[nH]c2C1C(C)C. The number of rotatable bonds is 4. The van der Waals surface area contributed by atoms with E-state index in [1.165, 1.54) is 5.69 Å². The minimum atomic E-state index is 0.201. The number of fused-ring (bicyclic) bond motifs is 1. The number of nitrogens with one attached hydrogen (secondary N) is 1. The van der Waals surface area contributed by atoms with Gasteiger partial charge in [-0.15, -0.1) is 0 Å². The molecule has 2 aromatic rings. The second-order valence-electron chi connectivity index (χ2n) is 5.96. The highest BCUT2D eigenvalue weighted by atomic mass is 16.5. The number of nitrogens with two attached hydrogens (primary N) is 1. The van der Waals surface area contributed by atoms with E-state index in [0.29, 0.717) is 11.8 Å². The maximum absolute atomic E-state index is 5.92. The lowest BCUT2D eigenvalue weighted by Crippen LogP contribution is -2.38. The van der Waals surface area contributed by atoms with Crippen LogP contribution >= 0.6 is 0 Å². The van der Waals surface area contributed by atoms with Gasteiger partial charge < -0.3 is 20.4 Å². The molecule has 116 valence electrons. The molecule has 5 heteroatoms. The third kappa shape index (κ3) is 2.66. The Morgan fingerprint density at radius 2 is 2.14 bits per heavy atom. The highest BCUT2D eigenvalue weighted by molar-refractivity contribution is 5.42. The molecular weight excluding hydrogens is 276 g/mol. The van der Waals surface area contributed by atoms with Crippen molar-refractivity contribution >= 4 is 5.69 Å². The number of anilines is 1. The lowest BCUT2D eigenvalue weighted by Gasteiger charge is -2.39. The van der Waals surface area contributed by atoms with Crippen molar-refractivity contribution < 1.29 is 4.74 Å². The second kappa shape index (κ2) is 5.75. The molecule has 0 saturated heterocycles. The zero-order valence-corrected chi connectivity index (χ0v) is 13.0. The molecule has 22 heavy (non-hydrogen) atoms. The summed E-state index contributed by atoms with van der Waals surface area (Å²) in [7, 11) is 0. The molecule has 1 aromatic carbocycles. The summed E-state index contributed by atoms with van der Waals surface area (Å²) in [6.45, 7) is 9.38. The Labute approximate surface area is 130 Å². The van der Waals surface area contributed by atoms with E-state index < -0.39 is 0 Å². The van der Waals surface area contributed by atoms with Gasteiger partial charge in [-0.25, -0.2) is 4.98 Å². The number of nitrogen functional groups attached to an aromatic ring is 1. The van der Waals surface area contributed by atoms with Crippen LogP contribution in [0.1, 0.15) is 31.3 Å². The minimum Gasteiger partial charge on any atom is -0.442 e. The molecule has 1 aliphatic heterocycles. The molecule has 3 N–H and O–H groups in total. The number of aromatic amines is 1. The van der Waals surface area contributed by atoms with E-state index in [0.717, 1.165) is 30.1 Å². The highest BCUT2D eigenvalue weighted by Gasteiger charge is 2.33. The number of imidazole rings is 1. The monoisotopic (exact) mass is 298 g/mol. The first-order valence-electron chi connectivity index (χ1n) is 7.57. The van der Waals surface area contributed by atoms with Crippen molar-refractivity contribution in [2.24, 2.45) is 5.92 Å². The Balaban J connectivity index is 1.81. The van der Waals surface area contributed by atoms with Crippen LogP contribution < -0.4 is 10.5 Å². The molecule has 2 heterocycles. The summed E-state index contributed by atoms with van der Waals surface area (Å²) < 4.78 is 5.92. The van der Waals surface area contributed by atoms with E-state index in [1.54, 1.807) is 6.33 Å². The first kappa shape index (κ1) is 14.5. The largest absolute Gasteiger partial charge is 0.442 e. The second-order valence-corrected chi connectivity index (χ2v) is 5.96. The smallest absolute Gasteiger partial charge is 0.189 e. The molecule has 3 rings (SSSR count). The van der Waals surface area contributed by atoms with Gasteiger partial charge in [0, 0.05) is 18.7 Å². The van der Waals surface area contributed by atoms with E-state index >= 15 is 0 Å². The number of aromatic nitrogens is 2. The fraction of sp³-hybridized carbons (Fsp3) is 0.353. The molecule has 0 fully saturated rings. The van der Waals surface area contributed by atoms with Gasteiger partial charge in [0.25, 0.3) is 0 Å². The Morgan fingerprint density at radius 3 is 2.82 bits per heavy atom. The predicted octanol–water partition coefficient (Wildman–Crippen LogP) is 3.10. The summed E-state index contributed by atoms with van der Waals surface area (Å²) in [5.74, 6) is 1.83. The van der Waals surface area contributed by atoms with Crippen LogP contribution in [0.2, 0.25) is 0 Å². The third-order valence-corrected chi connectivity index (χ3v) is 4.04. The summed E-state index contributed by atoms with van der Waals surface area (Å²) in [6, 6.07) is 7.57. The Kier molecular flexibility index (Phi) is 3.79. The van der Waals surface area contributed by atoms with Crippen LogP contribution in [0.25, 0.3) is 0 Å². The van der Waals surface area contributed by atoms with Gasteiger partial charge in [0.05, 0.1) is 23.8 Å². The van der Waals surface area contributed by atoms with Crippen molar-refractivity contribution in [2.45, 2.75) is 26.3 Å². The number of ether oxygens (including phenoxy) is 1. The van der Waals surface area contributed by atoms with Crippen molar-refractivity contribution in [2.75, 3.05) is 12.3 Å². The average Bonchev–Trinajstić information content (AvgIpc) is 2.96. The number of hydrogen-bond donors (Lipinski definition) is 2. The Bertz CT molecular complexity index is 660. The molecule has 0 radical (unpaired) electrons. The van der Waals surface area contributed by atoms with Crippen LogP contribution in [0.3, 0.4) is 0 Å². The molecule has 0 bridgehead atoms. The molecule has 0 aliphatic carbocycles. The topological polar surface area (TPSA) is 67.2 Å². The molecule has 5 nitrogen and oxygen atoms in total. The number of hydrogen-bond acceptors (Lipinski definition) is 4. The van der Waals surface area contributed by atoms with E-state index in [1.807, 2.05) is 24.3 Å². The zero-order valence-electron chi connectivity index (χ0n) is 13.0. The molecule has 0 spiro atoms. The zero-order chi connectivity index (χ0) is 15.7. The molecule has 0 saturated carbocycles. The van der Waals surface area contributed by atoms with Crippen molar-refractivity contribution in [1.29, 1.82) is 0 Å². The van der Waals surface area contributed by atoms with Gasteiger partial charge in [0.1, 0.15) is 5.75 Å². The first-order chi connectivity index (χ1) is 10.6. The van der Waals surface area contributed by atoms with Gasteiger partial charge in [0.15, 0.2) is 5.88 Å². The standard InChI is InChI=1S/C17H22N4O/c1-11(2)17-16-15(19-10-20-16)8-9-21(17)12(3)22-14-6-4-13(18)5-7-14/h4-7,10-11,17H,3,8-9,18H2,1-2H3,(H,19,20). The van der Waals surface area contributed by atoms with Gasteiger partial charge in [-0.1, -0.05) is 13.8 Å². The lowest BCUT2D eigenvalue weighted by atomic mass is 9.93. The Hall–Kier alpha value is -2.43. The Morgan fingerprint density at radius 1 is 1.41 bits per heavy atom. The minimum absolute atomic E-state index is 0.201. The van der Waals surface area contributed by atoms with Crippen LogP contribution in [-0.2, 0) is 6.42 Å². The summed E-state index contributed by atoms with van der Waals surface area (Å²) in [5, 5.41) is 0. The quantitative estimate of drug-likeness (QED) is 0.672. The van der Waals surface area contributed by atoms with Gasteiger partial charge in [-0.05, 0) is 36.8 Å². The van der Waals surface area contributed by atoms with E-state index in [4.69, 9.17) is 10.5 Å². The number of nitrogens with zero attached hydrogens (tertiary/aromatic N) is 2. The van der Waals surface area contributed by atoms with Crippen molar-refractivity contribution in [3.63, 3.8) is 0 Å². The number of H-pyrrole nitrogens is 1. The van der Waals surface area contributed by atoms with Crippen molar-refractivity contribution in [3.05, 3.63) is 54.4 Å². The van der Waals surface area contributed by atoms with E-state index in [-0.39, 0.29) is 6.04 Å². The average molecular weight is 298 g/mol. The van der Waals surface area contributed by atoms with Crippen molar-refractivity contribution in [3.8, 4) is 5.75 Å². The summed E-state index contributed by atoms with van der Waals surface area (Å²) in [6.07, 6.45) is 2.67. The van der Waals surface area contributed by atoms with Crippen LogP contribution in [0.15, 0.2) is 43.1 Å². The first-order valence-corrected chi connectivity index (χ1v) is 7.57. The summed E-state index contributed by atoms with van der Waals surface area (Å²) in [4.78, 5) is 9.90.